The largest absolute Gasteiger partial charge is 0.226 e. The maximum Gasteiger partial charge on any atom is 0.160 e. The topological polar surface area (TPSA) is 25.8 Å². The van der Waals surface area contributed by atoms with Gasteiger partial charge in [0.05, 0.1) is 15.9 Å². The van der Waals surface area contributed by atoms with Crippen molar-refractivity contribution in [3.63, 3.8) is 0 Å². The van der Waals surface area contributed by atoms with E-state index in [1.165, 1.54) is 49.0 Å². The van der Waals surface area contributed by atoms with Crippen LogP contribution in [0, 0.1) is 6.92 Å². The van der Waals surface area contributed by atoms with E-state index in [0.29, 0.717) is 0 Å². The Bertz CT molecular complexity index is 2310. The number of aromatic nitrogens is 2. The molecule has 220 valence electrons. The number of hydrogen-bond donors (Lipinski definition) is 0. The lowest BCUT2D eigenvalue weighted by molar-refractivity contribution is 0.962. The summed E-state index contributed by atoms with van der Waals surface area (Å²) in [7, 11) is 0. The molecular weight excluding hydrogens is 577 g/mol. The molecule has 0 atom stereocenters. The minimum absolute atomic E-state index is 0.752. The average molecular weight is 609 g/mol. The fourth-order valence-corrected chi connectivity index (χ4v) is 7.70. The third-order valence-corrected chi connectivity index (χ3v) is 10.0. The minimum Gasteiger partial charge on any atom is -0.226 e. The van der Waals surface area contributed by atoms with Crippen LogP contribution in [0.3, 0.4) is 0 Å². The van der Waals surface area contributed by atoms with Gasteiger partial charge >= 0.3 is 0 Å². The van der Waals surface area contributed by atoms with Crippen LogP contribution in [-0.2, 0) is 12.8 Å². The van der Waals surface area contributed by atoms with E-state index in [1.807, 2.05) is 18.2 Å². The van der Waals surface area contributed by atoms with Crippen molar-refractivity contribution >= 4 is 31.6 Å². The smallest absolute Gasteiger partial charge is 0.160 e. The third kappa shape index (κ3) is 5.29. The second-order valence-corrected chi connectivity index (χ2v) is 12.8. The number of nitrogens with zero attached hydrogens (tertiary/aromatic N) is 2. The van der Waals surface area contributed by atoms with E-state index in [2.05, 4.69) is 140 Å². The van der Waals surface area contributed by atoms with Crippen molar-refractivity contribution in [3.8, 4) is 44.9 Å². The molecule has 3 heteroatoms. The Morgan fingerprint density at radius 1 is 0.500 bits per heavy atom. The Morgan fingerprint density at radius 3 is 1.93 bits per heavy atom. The standard InChI is InChI=1S/C43H32N2S/c1-29-14-11-12-21-35(29)38-28-34(27-26-31(38)25-24-30-15-5-2-6-16-30)36-22-13-23-37-40-42(46-41(36)37)39(32-17-7-3-8-18-32)44-43(45-40)33-19-9-4-10-20-33/h2-23,26-28H,24-25H2,1H3. The van der Waals surface area contributed by atoms with Gasteiger partial charge in [0, 0.05) is 21.2 Å². The van der Waals surface area contributed by atoms with Gasteiger partial charge in [0.1, 0.15) is 0 Å². The molecule has 0 aliphatic heterocycles. The van der Waals surface area contributed by atoms with Crippen molar-refractivity contribution < 1.29 is 0 Å². The Morgan fingerprint density at radius 2 is 1.17 bits per heavy atom. The van der Waals surface area contributed by atoms with E-state index in [-0.39, 0.29) is 0 Å². The zero-order chi connectivity index (χ0) is 30.9. The van der Waals surface area contributed by atoms with Crippen LogP contribution in [0.1, 0.15) is 16.7 Å². The molecule has 8 rings (SSSR count). The number of thiophene rings is 1. The molecule has 0 aliphatic carbocycles. The summed E-state index contributed by atoms with van der Waals surface area (Å²) < 4.78 is 2.36. The van der Waals surface area contributed by atoms with Gasteiger partial charge in [-0.2, -0.15) is 0 Å². The highest BCUT2D eigenvalue weighted by atomic mass is 32.1. The highest BCUT2D eigenvalue weighted by Gasteiger charge is 2.19. The van der Waals surface area contributed by atoms with Crippen LogP contribution in [0.15, 0.2) is 152 Å². The summed E-state index contributed by atoms with van der Waals surface area (Å²) in [6.07, 6.45) is 2.00. The van der Waals surface area contributed by atoms with Crippen LogP contribution >= 0.6 is 11.3 Å². The Kier molecular flexibility index (Phi) is 7.45. The van der Waals surface area contributed by atoms with E-state index in [1.54, 1.807) is 11.3 Å². The first-order chi connectivity index (χ1) is 22.7. The molecule has 0 N–H and O–H groups in total. The summed E-state index contributed by atoms with van der Waals surface area (Å²) >= 11 is 1.80. The molecule has 0 fully saturated rings. The van der Waals surface area contributed by atoms with E-state index >= 15 is 0 Å². The molecule has 0 saturated heterocycles. The molecular formula is C43H32N2S. The predicted molar refractivity (Wildman–Crippen MR) is 195 cm³/mol. The molecule has 2 aromatic heterocycles. The fourth-order valence-electron chi connectivity index (χ4n) is 6.41. The molecule has 6 aromatic carbocycles. The van der Waals surface area contributed by atoms with Gasteiger partial charge in [0.25, 0.3) is 0 Å². The Hall–Kier alpha value is -5.38. The second-order valence-electron chi connectivity index (χ2n) is 11.8. The monoisotopic (exact) mass is 608 g/mol. The zero-order valence-electron chi connectivity index (χ0n) is 25.7. The van der Waals surface area contributed by atoms with E-state index in [0.717, 1.165) is 45.7 Å². The van der Waals surface area contributed by atoms with Gasteiger partial charge in [0.15, 0.2) is 5.82 Å². The molecule has 0 amide bonds. The van der Waals surface area contributed by atoms with E-state index in [9.17, 15) is 0 Å². The lowest BCUT2D eigenvalue weighted by Crippen LogP contribution is -1.96. The highest BCUT2D eigenvalue weighted by Crippen LogP contribution is 2.44. The van der Waals surface area contributed by atoms with E-state index < -0.39 is 0 Å². The van der Waals surface area contributed by atoms with Crippen LogP contribution in [0.4, 0.5) is 0 Å². The molecule has 0 unspecified atom stereocenters. The second kappa shape index (κ2) is 12.2. The molecule has 46 heavy (non-hydrogen) atoms. The Labute approximate surface area is 273 Å². The summed E-state index contributed by atoms with van der Waals surface area (Å²) in [6, 6.07) is 54.0. The number of rotatable bonds is 7. The number of benzene rings is 6. The molecule has 8 aromatic rings. The first-order valence-corrected chi connectivity index (χ1v) is 16.6. The molecule has 0 bridgehead atoms. The number of hydrogen-bond acceptors (Lipinski definition) is 3. The molecule has 0 spiro atoms. The first kappa shape index (κ1) is 28.1. The SMILES string of the molecule is Cc1ccccc1-c1cc(-c2cccc3c2sc2c(-c4ccccc4)nc(-c4ccccc4)nc23)ccc1CCc1ccccc1. The third-order valence-electron chi connectivity index (χ3n) is 8.80. The first-order valence-electron chi connectivity index (χ1n) is 15.8. The van der Waals surface area contributed by atoms with Gasteiger partial charge in [-0.05, 0) is 64.8 Å². The summed E-state index contributed by atoms with van der Waals surface area (Å²) in [5, 5.41) is 1.17. The van der Waals surface area contributed by atoms with Crippen LogP contribution in [-0.4, -0.2) is 9.97 Å². The lowest BCUT2D eigenvalue weighted by atomic mass is 9.89. The van der Waals surface area contributed by atoms with Gasteiger partial charge in [-0.1, -0.05) is 146 Å². The highest BCUT2D eigenvalue weighted by molar-refractivity contribution is 7.26. The van der Waals surface area contributed by atoms with Gasteiger partial charge < -0.3 is 0 Å². The van der Waals surface area contributed by atoms with Gasteiger partial charge in [-0.25, -0.2) is 9.97 Å². The maximum absolute atomic E-state index is 5.20. The number of fused-ring (bicyclic) bond motifs is 3. The van der Waals surface area contributed by atoms with Crippen molar-refractivity contribution in [3.05, 3.63) is 168 Å². The summed E-state index contributed by atoms with van der Waals surface area (Å²) in [5.74, 6) is 0.752. The normalized spacial score (nSPS) is 11.3. The molecule has 0 radical (unpaired) electrons. The van der Waals surface area contributed by atoms with E-state index in [4.69, 9.17) is 9.97 Å². The van der Waals surface area contributed by atoms with Crippen LogP contribution < -0.4 is 0 Å². The molecule has 0 saturated carbocycles. The summed E-state index contributed by atoms with van der Waals surface area (Å²) in [6.45, 7) is 2.21. The van der Waals surface area contributed by atoms with Gasteiger partial charge in [-0.15, -0.1) is 11.3 Å². The fraction of sp³-hybridized carbons (Fsp3) is 0.0698. The molecule has 2 nitrogen and oxygen atoms in total. The summed E-state index contributed by atoms with van der Waals surface area (Å²) in [5.41, 5.74) is 13.2. The van der Waals surface area contributed by atoms with Crippen molar-refractivity contribution in [2.45, 2.75) is 19.8 Å². The quantitative estimate of drug-likeness (QED) is 0.180. The zero-order valence-corrected chi connectivity index (χ0v) is 26.5. The molecule has 0 aliphatic rings. The lowest BCUT2D eigenvalue weighted by Gasteiger charge is -2.15. The van der Waals surface area contributed by atoms with Gasteiger partial charge in [-0.3, -0.25) is 0 Å². The van der Waals surface area contributed by atoms with Crippen LogP contribution in [0.25, 0.3) is 65.2 Å². The molecule has 2 heterocycles. The average Bonchev–Trinajstić information content (AvgIpc) is 3.51. The van der Waals surface area contributed by atoms with Crippen molar-refractivity contribution in [2.75, 3.05) is 0 Å². The van der Waals surface area contributed by atoms with Crippen molar-refractivity contribution in [1.82, 2.24) is 9.97 Å². The van der Waals surface area contributed by atoms with Crippen molar-refractivity contribution in [1.29, 1.82) is 0 Å². The predicted octanol–water partition coefficient (Wildman–Crippen LogP) is 11.6. The maximum atomic E-state index is 5.20. The van der Waals surface area contributed by atoms with Gasteiger partial charge in [0.2, 0.25) is 0 Å². The van der Waals surface area contributed by atoms with Crippen molar-refractivity contribution in [2.24, 2.45) is 0 Å². The van der Waals surface area contributed by atoms with Crippen LogP contribution in [0.2, 0.25) is 0 Å². The summed E-state index contributed by atoms with van der Waals surface area (Å²) in [4.78, 5) is 10.4. The Balaban J connectivity index is 1.31. The number of aryl methyl sites for hydroxylation is 3. The minimum atomic E-state index is 0.752. The van der Waals surface area contributed by atoms with Crippen LogP contribution in [0.5, 0.6) is 0 Å².